The van der Waals surface area contributed by atoms with Crippen molar-refractivity contribution in [3.05, 3.63) is 35.9 Å². The van der Waals surface area contributed by atoms with Gasteiger partial charge < -0.3 is 20.4 Å². The monoisotopic (exact) mass is 332 g/mol. The van der Waals surface area contributed by atoms with E-state index in [1.807, 2.05) is 42.3 Å². The summed E-state index contributed by atoms with van der Waals surface area (Å²) in [6.07, 6.45) is 2.35. The maximum Gasteiger partial charge on any atom is 0.317 e. The minimum absolute atomic E-state index is 0.121. The molecule has 0 atom stereocenters. The van der Waals surface area contributed by atoms with E-state index in [0.29, 0.717) is 25.6 Å². The van der Waals surface area contributed by atoms with Gasteiger partial charge >= 0.3 is 6.03 Å². The molecule has 132 valence electrons. The lowest BCUT2D eigenvalue weighted by Gasteiger charge is -2.32. The Balaban J connectivity index is 1.66. The van der Waals surface area contributed by atoms with E-state index in [1.165, 1.54) is 0 Å². The molecule has 1 heterocycles. The summed E-state index contributed by atoms with van der Waals surface area (Å²) >= 11 is 0. The van der Waals surface area contributed by atoms with Crippen molar-refractivity contribution >= 4 is 11.9 Å². The number of carbonyl (C=O) groups excluding carboxylic acids is 2. The number of hydrogen-bond donors (Lipinski definition) is 2. The van der Waals surface area contributed by atoms with Gasteiger partial charge in [-0.1, -0.05) is 30.3 Å². The van der Waals surface area contributed by atoms with Gasteiger partial charge in [-0.2, -0.15) is 0 Å². The van der Waals surface area contributed by atoms with Crippen molar-refractivity contribution in [3.63, 3.8) is 0 Å². The smallest absolute Gasteiger partial charge is 0.317 e. The maximum absolute atomic E-state index is 12.2. The molecule has 2 N–H and O–H groups in total. The first-order valence-corrected chi connectivity index (χ1v) is 8.58. The first kappa shape index (κ1) is 18.3. The summed E-state index contributed by atoms with van der Waals surface area (Å²) < 4.78 is 0. The Morgan fingerprint density at radius 3 is 2.50 bits per heavy atom. The van der Waals surface area contributed by atoms with Crippen LogP contribution in [0.3, 0.4) is 0 Å². The summed E-state index contributed by atoms with van der Waals surface area (Å²) in [5.41, 5.74) is 1.08. The van der Waals surface area contributed by atoms with Crippen LogP contribution in [0.4, 0.5) is 4.79 Å². The van der Waals surface area contributed by atoms with Crippen LogP contribution in [-0.2, 0) is 11.3 Å². The molecule has 0 bridgehead atoms. The van der Waals surface area contributed by atoms with Crippen molar-refractivity contribution in [3.8, 4) is 0 Å². The van der Waals surface area contributed by atoms with E-state index in [1.54, 1.807) is 11.9 Å². The molecule has 3 amide bonds. The zero-order valence-electron chi connectivity index (χ0n) is 14.6. The fraction of sp³-hybridized carbons (Fsp3) is 0.556. The van der Waals surface area contributed by atoms with Crippen molar-refractivity contribution in [2.45, 2.75) is 31.8 Å². The number of amides is 3. The third-order valence-electron chi connectivity index (χ3n) is 4.48. The van der Waals surface area contributed by atoms with Gasteiger partial charge in [0.2, 0.25) is 5.91 Å². The lowest BCUT2D eigenvalue weighted by atomic mass is 10.1. The molecule has 0 unspecified atom stereocenters. The van der Waals surface area contributed by atoms with E-state index in [4.69, 9.17) is 0 Å². The van der Waals surface area contributed by atoms with Crippen LogP contribution in [0.2, 0.25) is 0 Å². The molecule has 1 aromatic carbocycles. The molecular formula is C18H28N4O2. The number of carbonyl (C=O) groups is 2. The lowest BCUT2D eigenvalue weighted by molar-refractivity contribution is -0.132. The Morgan fingerprint density at radius 1 is 1.21 bits per heavy atom. The van der Waals surface area contributed by atoms with E-state index in [0.717, 1.165) is 31.5 Å². The SMILES string of the molecule is CNC1CCN(C(=O)CCNC(=O)N(C)Cc2ccccc2)CC1. The van der Waals surface area contributed by atoms with Gasteiger partial charge in [0, 0.05) is 45.7 Å². The summed E-state index contributed by atoms with van der Waals surface area (Å²) in [4.78, 5) is 27.8. The molecule has 1 aliphatic heterocycles. The predicted octanol–water partition coefficient (Wildman–Crippen LogP) is 1.43. The molecule has 0 saturated carbocycles. The predicted molar refractivity (Wildman–Crippen MR) is 94.6 cm³/mol. The van der Waals surface area contributed by atoms with E-state index in [9.17, 15) is 9.59 Å². The standard InChI is InChI=1S/C18H28N4O2/c1-19-16-9-12-22(13-10-16)17(23)8-11-20-18(24)21(2)14-15-6-4-3-5-7-15/h3-7,16,19H,8-14H2,1-2H3,(H,20,24). The molecule has 0 aliphatic carbocycles. The topological polar surface area (TPSA) is 64.7 Å². The third kappa shape index (κ3) is 5.53. The third-order valence-corrected chi connectivity index (χ3v) is 4.48. The summed E-state index contributed by atoms with van der Waals surface area (Å²) in [5, 5.41) is 6.07. The highest BCUT2D eigenvalue weighted by Gasteiger charge is 2.21. The maximum atomic E-state index is 12.2. The molecule has 24 heavy (non-hydrogen) atoms. The molecule has 1 aliphatic rings. The van der Waals surface area contributed by atoms with Crippen LogP contribution >= 0.6 is 0 Å². The molecule has 0 spiro atoms. The Morgan fingerprint density at radius 2 is 1.88 bits per heavy atom. The molecule has 6 nitrogen and oxygen atoms in total. The summed E-state index contributed by atoms with van der Waals surface area (Å²) in [5.74, 6) is 0.121. The van der Waals surface area contributed by atoms with Crippen LogP contribution in [-0.4, -0.2) is 61.5 Å². The number of benzene rings is 1. The molecule has 0 aromatic heterocycles. The van der Waals surface area contributed by atoms with E-state index >= 15 is 0 Å². The Bertz CT molecular complexity index is 527. The molecule has 1 saturated heterocycles. The van der Waals surface area contributed by atoms with Gasteiger partial charge in [-0.05, 0) is 25.5 Å². The summed E-state index contributed by atoms with van der Waals surface area (Å²) in [7, 11) is 3.72. The van der Waals surface area contributed by atoms with Gasteiger partial charge in [-0.3, -0.25) is 4.79 Å². The second-order valence-corrected chi connectivity index (χ2v) is 6.27. The fourth-order valence-electron chi connectivity index (χ4n) is 2.92. The number of piperidine rings is 1. The van der Waals surface area contributed by atoms with Crippen LogP contribution in [0.15, 0.2) is 30.3 Å². The van der Waals surface area contributed by atoms with Gasteiger partial charge in [0.25, 0.3) is 0 Å². The van der Waals surface area contributed by atoms with Gasteiger partial charge in [0.15, 0.2) is 0 Å². The van der Waals surface area contributed by atoms with Crippen LogP contribution in [0, 0.1) is 0 Å². The molecular weight excluding hydrogens is 304 g/mol. The van der Waals surface area contributed by atoms with Gasteiger partial charge in [0.05, 0.1) is 0 Å². The Labute approximate surface area is 144 Å². The molecule has 0 radical (unpaired) electrons. The van der Waals surface area contributed by atoms with Crippen LogP contribution in [0.1, 0.15) is 24.8 Å². The van der Waals surface area contributed by atoms with E-state index in [2.05, 4.69) is 10.6 Å². The van der Waals surface area contributed by atoms with Crippen molar-refractivity contribution in [2.24, 2.45) is 0 Å². The second kappa shape index (κ2) is 9.27. The highest BCUT2D eigenvalue weighted by atomic mass is 16.2. The highest BCUT2D eigenvalue weighted by Crippen LogP contribution is 2.10. The van der Waals surface area contributed by atoms with Gasteiger partial charge in [-0.25, -0.2) is 4.79 Å². The summed E-state index contributed by atoms with van der Waals surface area (Å²) in [6, 6.07) is 10.2. The summed E-state index contributed by atoms with van der Waals surface area (Å²) in [6.45, 7) is 2.53. The minimum Gasteiger partial charge on any atom is -0.343 e. The Kier molecular flexibility index (Phi) is 7.06. The highest BCUT2D eigenvalue weighted by molar-refractivity contribution is 5.78. The molecule has 1 fully saturated rings. The molecule has 2 rings (SSSR count). The normalized spacial score (nSPS) is 15.2. The van der Waals surface area contributed by atoms with Crippen molar-refractivity contribution in [1.29, 1.82) is 0 Å². The van der Waals surface area contributed by atoms with E-state index < -0.39 is 0 Å². The van der Waals surface area contributed by atoms with Crippen molar-refractivity contribution < 1.29 is 9.59 Å². The first-order valence-electron chi connectivity index (χ1n) is 8.58. The number of urea groups is 1. The van der Waals surface area contributed by atoms with Crippen molar-refractivity contribution in [1.82, 2.24) is 20.4 Å². The number of nitrogens with zero attached hydrogens (tertiary/aromatic N) is 2. The fourth-order valence-corrected chi connectivity index (χ4v) is 2.92. The molecule has 6 heteroatoms. The van der Waals surface area contributed by atoms with Crippen LogP contribution in [0.5, 0.6) is 0 Å². The second-order valence-electron chi connectivity index (χ2n) is 6.27. The number of nitrogens with one attached hydrogen (secondary N) is 2. The Hall–Kier alpha value is -2.08. The zero-order valence-corrected chi connectivity index (χ0v) is 14.6. The number of hydrogen-bond acceptors (Lipinski definition) is 3. The van der Waals surface area contributed by atoms with Crippen LogP contribution in [0.25, 0.3) is 0 Å². The average Bonchev–Trinajstić information content (AvgIpc) is 2.62. The number of rotatable bonds is 6. The first-order chi connectivity index (χ1) is 11.6. The quantitative estimate of drug-likeness (QED) is 0.828. The largest absolute Gasteiger partial charge is 0.343 e. The van der Waals surface area contributed by atoms with E-state index in [-0.39, 0.29) is 11.9 Å². The van der Waals surface area contributed by atoms with Gasteiger partial charge in [0.1, 0.15) is 0 Å². The average molecular weight is 332 g/mol. The lowest BCUT2D eigenvalue weighted by Crippen LogP contribution is -2.45. The molecule has 1 aromatic rings. The zero-order chi connectivity index (χ0) is 17.4. The number of likely N-dealkylation sites (tertiary alicyclic amines) is 1. The van der Waals surface area contributed by atoms with Crippen LogP contribution < -0.4 is 10.6 Å². The minimum atomic E-state index is -0.152. The van der Waals surface area contributed by atoms with Gasteiger partial charge in [-0.15, -0.1) is 0 Å². The van der Waals surface area contributed by atoms with Crippen molar-refractivity contribution in [2.75, 3.05) is 33.7 Å².